The molecule has 1 aliphatic heterocycles. The van der Waals surface area contributed by atoms with Crippen LogP contribution >= 0.6 is 0 Å². The van der Waals surface area contributed by atoms with Crippen molar-refractivity contribution in [3.05, 3.63) is 42.1 Å². The summed E-state index contributed by atoms with van der Waals surface area (Å²) in [4.78, 5) is 6.98. The monoisotopic (exact) mass is 255 g/mol. The number of benzene rings is 1. The smallest absolute Gasteiger partial charge is 0.0705 e. The number of rotatable bonds is 3. The molecule has 0 amide bonds. The van der Waals surface area contributed by atoms with Gasteiger partial charge in [-0.05, 0) is 24.1 Å². The van der Waals surface area contributed by atoms with Gasteiger partial charge in [-0.3, -0.25) is 9.88 Å². The van der Waals surface area contributed by atoms with E-state index in [4.69, 9.17) is 0 Å². The first-order valence-electron chi connectivity index (χ1n) is 7.15. The summed E-state index contributed by atoms with van der Waals surface area (Å²) in [6, 6.07) is 11.2. The van der Waals surface area contributed by atoms with Crippen LogP contribution in [0.1, 0.15) is 18.9 Å². The molecule has 1 aromatic carbocycles. The number of pyridine rings is 1. The van der Waals surface area contributed by atoms with Crippen LogP contribution < -0.4 is 5.32 Å². The highest BCUT2D eigenvalue weighted by atomic mass is 15.2. The van der Waals surface area contributed by atoms with Gasteiger partial charge in [0.25, 0.3) is 0 Å². The third-order valence-electron chi connectivity index (χ3n) is 3.97. The van der Waals surface area contributed by atoms with Crippen LogP contribution in [0.15, 0.2) is 36.5 Å². The molecule has 1 fully saturated rings. The topological polar surface area (TPSA) is 28.2 Å². The van der Waals surface area contributed by atoms with E-state index in [1.807, 2.05) is 6.20 Å². The molecule has 2 heterocycles. The van der Waals surface area contributed by atoms with E-state index in [1.165, 1.54) is 17.4 Å². The van der Waals surface area contributed by atoms with Crippen LogP contribution in [0.5, 0.6) is 0 Å². The quantitative estimate of drug-likeness (QED) is 0.913. The highest BCUT2D eigenvalue weighted by Crippen LogP contribution is 2.18. The molecule has 0 aliphatic carbocycles. The molecule has 0 saturated carbocycles. The summed E-state index contributed by atoms with van der Waals surface area (Å²) in [5.41, 5.74) is 2.49. The van der Waals surface area contributed by atoms with Crippen molar-refractivity contribution in [1.29, 1.82) is 0 Å². The van der Waals surface area contributed by atoms with Gasteiger partial charge in [0.1, 0.15) is 0 Å². The molecular weight excluding hydrogens is 234 g/mol. The van der Waals surface area contributed by atoms with E-state index < -0.39 is 0 Å². The lowest BCUT2D eigenvalue weighted by atomic mass is 10.1. The first-order chi connectivity index (χ1) is 9.36. The van der Waals surface area contributed by atoms with E-state index in [2.05, 4.69) is 52.5 Å². The Hall–Kier alpha value is -1.45. The maximum Gasteiger partial charge on any atom is 0.0705 e. The summed E-state index contributed by atoms with van der Waals surface area (Å²) in [7, 11) is 0. The maximum atomic E-state index is 4.44. The van der Waals surface area contributed by atoms with Gasteiger partial charge in [0.05, 0.1) is 5.52 Å². The molecule has 100 valence electrons. The largest absolute Gasteiger partial charge is 0.311 e. The minimum absolute atomic E-state index is 0.641. The molecule has 2 aromatic rings. The molecule has 1 N–H and O–H groups in total. The van der Waals surface area contributed by atoms with Crippen molar-refractivity contribution in [3.8, 4) is 0 Å². The second kappa shape index (κ2) is 5.68. The van der Waals surface area contributed by atoms with Crippen LogP contribution in [-0.4, -0.2) is 35.6 Å². The van der Waals surface area contributed by atoms with Crippen molar-refractivity contribution in [2.75, 3.05) is 19.6 Å². The zero-order valence-electron chi connectivity index (χ0n) is 11.5. The standard InChI is InChI=1S/C16H21N3/c1-2-14-12-19(10-9-17-14)11-13-7-8-18-16-6-4-3-5-15(13)16/h3-8,14,17H,2,9-12H2,1H3. The van der Waals surface area contributed by atoms with E-state index in [1.54, 1.807) is 0 Å². The number of hydrogen-bond acceptors (Lipinski definition) is 3. The van der Waals surface area contributed by atoms with Crippen LogP contribution in [0.2, 0.25) is 0 Å². The van der Waals surface area contributed by atoms with Crippen LogP contribution in [0.4, 0.5) is 0 Å². The highest BCUT2D eigenvalue weighted by Gasteiger charge is 2.18. The van der Waals surface area contributed by atoms with E-state index in [0.717, 1.165) is 31.7 Å². The fraction of sp³-hybridized carbons (Fsp3) is 0.438. The normalized spacial score (nSPS) is 20.8. The molecule has 1 atom stereocenters. The number of nitrogens with one attached hydrogen (secondary N) is 1. The van der Waals surface area contributed by atoms with Gasteiger partial charge in [-0.1, -0.05) is 25.1 Å². The average Bonchev–Trinajstić information content (AvgIpc) is 2.48. The first kappa shape index (κ1) is 12.6. The summed E-state index contributed by atoms with van der Waals surface area (Å²) in [6.07, 6.45) is 3.13. The zero-order valence-corrected chi connectivity index (χ0v) is 11.5. The van der Waals surface area contributed by atoms with Crippen molar-refractivity contribution in [3.63, 3.8) is 0 Å². The third-order valence-corrected chi connectivity index (χ3v) is 3.97. The number of hydrogen-bond donors (Lipinski definition) is 1. The Bertz CT molecular complexity index is 547. The maximum absolute atomic E-state index is 4.44. The van der Waals surface area contributed by atoms with Crippen molar-refractivity contribution >= 4 is 10.9 Å². The molecule has 19 heavy (non-hydrogen) atoms. The van der Waals surface area contributed by atoms with Gasteiger partial charge in [0, 0.05) is 43.8 Å². The molecular formula is C16H21N3. The minimum Gasteiger partial charge on any atom is -0.311 e. The lowest BCUT2D eigenvalue weighted by Gasteiger charge is -2.33. The highest BCUT2D eigenvalue weighted by molar-refractivity contribution is 5.81. The molecule has 3 nitrogen and oxygen atoms in total. The SMILES string of the molecule is CCC1CN(Cc2ccnc3ccccc23)CCN1. The summed E-state index contributed by atoms with van der Waals surface area (Å²) < 4.78 is 0. The van der Waals surface area contributed by atoms with Gasteiger partial charge < -0.3 is 5.32 Å². The third kappa shape index (κ3) is 2.77. The van der Waals surface area contributed by atoms with Crippen LogP contribution in [0.25, 0.3) is 10.9 Å². The van der Waals surface area contributed by atoms with Crippen molar-refractivity contribution < 1.29 is 0 Å². The number of para-hydroxylation sites is 1. The summed E-state index contributed by atoms with van der Waals surface area (Å²) >= 11 is 0. The van der Waals surface area contributed by atoms with E-state index in [9.17, 15) is 0 Å². The molecule has 1 saturated heterocycles. The zero-order chi connectivity index (χ0) is 13.1. The lowest BCUT2D eigenvalue weighted by molar-refractivity contribution is 0.190. The van der Waals surface area contributed by atoms with Crippen LogP contribution in [-0.2, 0) is 6.54 Å². The Kier molecular flexibility index (Phi) is 3.76. The second-order valence-corrected chi connectivity index (χ2v) is 5.28. The molecule has 0 spiro atoms. The number of aromatic nitrogens is 1. The van der Waals surface area contributed by atoms with Crippen molar-refractivity contribution in [1.82, 2.24) is 15.2 Å². The molecule has 1 aliphatic rings. The first-order valence-corrected chi connectivity index (χ1v) is 7.15. The summed E-state index contributed by atoms with van der Waals surface area (Å²) in [5.74, 6) is 0. The van der Waals surface area contributed by atoms with E-state index in [0.29, 0.717) is 6.04 Å². The van der Waals surface area contributed by atoms with E-state index >= 15 is 0 Å². The van der Waals surface area contributed by atoms with E-state index in [-0.39, 0.29) is 0 Å². The van der Waals surface area contributed by atoms with Gasteiger partial charge in [-0.25, -0.2) is 0 Å². The lowest BCUT2D eigenvalue weighted by Crippen LogP contribution is -2.49. The van der Waals surface area contributed by atoms with Crippen molar-refractivity contribution in [2.24, 2.45) is 0 Å². The molecule has 3 rings (SSSR count). The van der Waals surface area contributed by atoms with Gasteiger partial charge in [-0.2, -0.15) is 0 Å². The predicted molar refractivity (Wildman–Crippen MR) is 79.1 cm³/mol. The van der Waals surface area contributed by atoms with Gasteiger partial charge in [-0.15, -0.1) is 0 Å². The number of piperazine rings is 1. The predicted octanol–water partition coefficient (Wildman–Crippen LogP) is 2.42. The minimum atomic E-state index is 0.641. The Morgan fingerprint density at radius 1 is 1.32 bits per heavy atom. The fourth-order valence-corrected chi connectivity index (χ4v) is 2.85. The average molecular weight is 255 g/mol. The molecule has 0 bridgehead atoms. The number of nitrogens with zero attached hydrogens (tertiary/aromatic N) is 2. The molecule has 1 aromatic heterocycles. The van der Waals surface area contributed by atoms with Gasteiger partial charge in [0.15, 0.2) is 0 Å². The Balaban J connectivity index is 1.81. The van der Waals surface area contributed by atoms with Crippen LogP contribution in [0, 0.1) is 0 Å². The molecule has 1 unspecified atom stereocenters. The summed E-state index contributed by atoms with van der Waals surface area (Å²) in [5, 5.41) is 4.86. The Morgan fingerprint density at radius 3 is 3.11 bits per heavy atom. The van der Waals surface area contributed by atoms with Crippen LogP contribution in [0.3, 0.4) is 0 Å². The molecule has 3 heteroatoms. The Morgan fingerprint density at radius 2 is 2.21 bits per heavy atom. The Labute approximate surface area is 114 Å². The summed E-state index contributed by atoms with van der Waals surface area (Å²) in [6.45, 7) is 6.66. The van der Waals surface area contributed by atoms with Gasteiger partial charge in [0.2, 0.25) is 0 Å². The molecule has 0 radical (unpaired) electrons. The fourth-order valence-electron chi connectivity index (χ4n) is 2.85. The van der Waals surface area contributed by atoms with Crippen molar-refractivity contribution in [2.45, 2.75) is 25.9 Å². The second-order valence-electron chi connectivity index (χ2n) is 5.28. The number of fused-ring (bicyclic) bond motifs is 1. The van der Waals surface area contributed by atoms with Gasteiger partial charge >= 0.3 is 0 Å².